The van der Waals surface area contributed by atoms with E-state index in [0.717, 1.165) is 12.1 Å². The summed E-state index contributed by atoms with van der Waals surface area (Å²) >= 11 is 0. The number of ether oxygens (including phenoxy) is 3. The van der Waals surface area contributed by atoms with Gasteiger partial charge in [0, 0.05) is 24.8 Å². The Kier molecular flexibility index (Phi) is 7.10. The fraction of sp³-hybridized carbons (Fsp3) is 0.600. The maximum Gasteiger partial charge on any atom is 0.424 e. The predicted molar refractivity (Wildman–Crippen MR) is 111 cm³/mol. The number of rotatable bonds is 3. The number of imide groups is 1. The fourth-order valence-electron chi connectivity index (χ4n) is 2.81. The summed E-state index contributed by atoms with van der Waals surface area (Å²) in [5, 5.41) is 11.8. The first kappa shape index (κ1) is 24.3. The molecule has 2 amide bonds. The molecule has 1 aliphatic heterocycles. The van der Waals surface area contributed by atoms with Gasteiger partial charge in [-0.15, -0.1) is 0 Å². The lowest BCUT2D eigenvalue weighted by Gasteiger charge is -2.30. The Balaban J connectivity index is 2.61. The number of halogens is 1. The first-order valence-corrected chi connectivity index (χ1v) is 9.76. The van der Waals surface area contributed by atoms with Crippen LogP contribution in [0.3, 0.4) is 0 Å². The van der Waals surface area contributed by atoms with E-state index in [0.29, 0.717) is 26.3 Å². The first-order valence-electron chi connectivity index (χ1n) is 9.76. The molecule has 0 bridgehead atoms. The Morgan fingerprint density at radius 1 is 1.06 bits per heavy atom. The van der Waals surface area contributed by atoms with Crippen molar-refractivity contribution in [2.24, 2.45) is 0 Å². The van der Waals surface area contributed by atoms with E-state index in [4.69, 9.17) is 14.2 Å². The van der Waals surface area contributed by atoms with E-state index in [-0.39, 0.29) is 10.6 Å². The second-order valence-corrected chi connectivity index (χ2v) is 8.95. The molecule has 0 saturated carbocycles. The van der Waals surface area contributed by atoms with Crippen LogP contribution in [0.25, 0.3) is 0 Å². The van der Waals surface area contributed by atoms with E-state index in [9.17, 15) is 19.7 Å². The number of anilines is 2. The zero-order valence-electron chi connectivity index (χ0n) is 18.6. The van der Waals surface area contributed by atoms with Crippen molar-refractivity contribution < 1.29 is 33.1 Å². The molecule has 0 radical (unpaired) electrons. The topological polar surface area (TPSA) is 111 Å². The highest BCUT2D eigenvalue weighted by Crippen LogP contribution is 2.37. The third-order valence-corrected chi connectivity index (χ3v) is 3.98. The number of hydrogen-bond acceptors (Lipinski definition) is 8. The highest BCUT2D eigenvalue weighted by Gasteiger charge is 2.39. The van der Waals surface area contributed by atoms with Crippen LogP contribution in [-0.2, 0) is 14.2 Å². The van der Waals surface area contributed by atoms with Gasteiger partial charge >= 0.3 is 12.2 Å². The molecular formula is C20H28FN3O7. The van der Waals surface area contributed by atoms with Gasteiger partial charge in [-0.25, -0.2) is 14.0 Å². The van der Waals surface area contributed by atoms with Crippen molar-refractivity contribution in [2.75, 3.05) is 36.1 Å². The van der Waals surface area contributed by atoms with Crippen molar-refractivity contribution in [3.63, 3.8) is 0 Å². The van der Waals surface area contributed by atoms with Crippen LogP contribution in [0.4, 0.5) is 31.0 Å². The number of nitrogens with zero attached hydrogens (tertiary/aromatic N) is 3. The molecule has 172 valence electrons. The van der Waals surface area contributed by atoms with Crippen molar-refractivity contribution >= 4 is 29.2 Å². The number of benzene rings is 1. The van der Waals surface area contributed by atoms with Crippen LogP contribution in [-0.4, -0.2) is 54.6 Å². The minimum Gasteiger partial charge on any atom is -0.443 e. The molecule has 31 heavy (non-hydrogen) atoms. The van der Waals surface area contributed by atoms with Gasteiger partial charge in [0.05, 0.1) is 18.1 Å². The van der Waals surface area contributed by atoms with E-state index in [1.54, 1.807) is 46.4 Å². The Morgan fingerprint density at radius 3 is 1.97 bits per heavy atom. The second-order valence-electron chi connectivity index (χ2n) is 8.95. The van der Waals surface area contributed by atoms with Crippen molar-refractivity contribution in [3.8, 4) is 0 Å². The number of hydrogen-bond donors (Lipinski definition) is 0. The maximum absolute atomic E-state index is 15.2. The summed E-state index contributed by atoms with van der Waals surface area (Å²) in [4.78, 5) is 38.5. The van der Waals surface area contributed by atoms with Gasteiger partial charge in [0.25, 0.3) is 5.69 Å². The minimum absolute atomic E-state index is 0.229. The lowest BCUT2D eigenvalue weighted by molar-refractivity contribution is -0.384. The Morgan fingerprint density at radius 2 is 1.55 bits per heavy atom. The zero-order valence-corrected chi connectivity index (χ0v) is 18.6. The van der Waals surface area contributed by atoms with Crippen LogP contribution < -0.4 is 9.80 Å². The summed E-state index contributed by atoms with van der Waals surface area (Å²) in [7, 11) is 0. The molecule has 2 rings (SSSR count). The quantitative estimate of drug-likeness (QED) is 0.506. The highest BCUT2D eigenvalue weighted by atomic mass is 19.1. The Hall–Kier alpha value is -2.95. The lowest BCUT2D eigenvalue weighted by Crippen LogP contribution is -2.44. The van der Waals surface area contributed by atoms with Crippen LogP contribution >= 0.6 is 0 Å². The van der Waals surface area contributed by atoms with Gasteiger partial charge in [-0.1, -0.05) is 0 Å². The average molecular weight is 441 g/mol. The summed E-state index contributed by atoms with van der Waals surface area (Å²) < 4.78 is 30.9. The normalized spacial score (nSPS) is 14.7. The number of carbonyl (C=O) groups is 2. The molecule has 0 aromatic heterocycles. The predicted octanol–water partition coefficient (Wildman–Crippen LogP) is 4.25. The maximum atomic E-state index is 15.2. The molecule has 1 fully saturated rings. The lowest BCUT2D eigenvalue weighted by atomic mass is 10.1. The van der Waals surface area contributed by atoms with Gasteiger partial charge in [0.2, 0.25) is 0 Å². The van der Waals surface area contributed by atoms with E-state index < -0.39 is 45.5 Å². The average Bonchev–Trinajstić information content (AvgIpc) is 2.60. The molecule has 1 aromatic rings. The van der Waals surface area contributed by atoms with Crippen molar-refractivity contribution in [3.05, 3.63) is 28.1 Å². The van der Waals surface area contributed by atoms with Crippen LogP contribution in [0.15, 0.2) is 12.1 Å². The largest absolute Gasteiger partial charge is 0.443 e. The van der Waals surface area contributed by atoms with E-state index in [1.807, 2.05) is 0 Å². The summed E-state index contributed by atoms with van der Waals surface area (Å²) in [6.45, 7) is 10.9. The van der Waals surface area contributed by atoms with Crippen LogP contribution in [0.1, 0.15) is 41.5 Å². The number of nitro groups is 1. The standard InChI is InChI=1S/C20H28FN3O7/c1-19(2,3)30-17(25)23(18(26)31-20(4,5)6)16-14(21)11-13(12-15(16)24(27)28)22-7-9-29-10-8-22/h11-12H,7-10H2,1-6H3. The molecule has 11 heteroatoms. The van der Waals surface area contributed by atoms with Gasteiger partial charge < -0.3 is 19.1 Å². The van der Waals surface area contributed by atoms with E-state index >= 15 is 4.39 Å². The number of morpholine rings is 1. The molecule has 1 saturated heterocycles. The van der Waals surface area contributed by atoms with Crippen LogP contribution in [0, 0.1) is 15.9 Å². The molecule has 1 aromatic carbocycles. The van der Waals surface area contributed by atoms with E-state index in [2.05, 4.69) is 0 Å². The molecular weight excluding hydrogens is 413 g/mol. The third-order valence-electron chi connectivity index (χ3n) is 3.98. The molecule has 10 nitrogen and oxygen atoms in total. The van der Waals surface area contributed by atoms with Crippen molar-refractivity contribution in [1.29, 1.82) is 0 Å². The SMILES string of the molecule is CC(C)(C)OC(=O)N(C(=O)OC(C)(C)C)c1c(F)cc(N2CCOCC2)cc1[N+](=O)[O-]. The molecule has 1 aliphatic rings. The van der Waals surface area contributed by atoms with Crippen molar-refractivity contribution in [2.45, 2.75) is 52.7 Å². The van der Waals surface area contributed by atoms with Crippen LogP contribution in [0.5, 0.6) is 0 Å². The summed E-state index contributed by atoms with van der Waals surface area (Å²) in [6.07, 6.45) is -2.58. The zero-order chi connectivity index (χ0) is 23.6. The van der Waals surface area contributed by atoms with Crippen molar-refractivity contribution in [1.82, 2.24) is 0 Å². The molecule has 0 N–H and O–H groups in total. The molecule has 0 unspecified atom stereocenters. The Labute approximate surface area is 180 Å². The second kappa shape index (κ2) is 9.04. The fourth-order valence-corrected chi connectivity index (χ4v) is 2.81. The summed E-state index contributed by atoms with van der Waals surface area (Å²) in [6, 6.07) is 2.15. The van der Waals surface area contributed by atoms with Gasteiger partial charge in [0.15, 0.2) is 11.5 Å². The highest BCUT2D eigenvalue weighted by molar-refractivity contribution is 6.11. The van der Waals surface area contributed by atoms with Gasteiger partial charge in [-0.05, 0) is 47.6 Å². The van der Waals surface area contributed by atoms with Gasteiger partial charge in [0.1, 0.15) is 11.2 Å². The van der Waals surface area contributed by atoms with E-state index in [1.165, 1.54) is 0 Å². The summed E-state index contributed by atoms with van der Waals surface area (Å²) in [5.41, 5.74) is -3.46. The van der Waals surface area contributed by atoms with Crippen LogP contribution in [0.2, 0.25) is 0 Å². The monoisotopic (exact) mass is 441 g/mol. The smallest absolute Gasteiger partial charge is 0.424 e. The molecule has 0 aliphatic carbocycles. The first-order chi connectivity index (χ1) is 14.2. The molecule has 1 heterocycles. The summed E-state index contributed by atoms with van der Waals surface area (Å²) in [5.74, 6) is -1.13. The molecule has 0 spiro atoms. The number of amides is 2. The molecule has 0 atom stereocenters. The number of nitro benzene ring substituents is 1. The number of carbonyl (C=O) groups excluding carboxylic acids is 2. The Bertz CT molecular complexity index is 828. The minimum atomic E-state index is -1.29. The van der Waals surface area contributed by atoms with Gasteiger partial charge in [-0.3, -0.25) is 10.1 Å². The van der Waals surface area contributed by atoms with Gasteiger partial charge in [-0.2, -0.15) is 4.90 Å². The third kappa shape index (κ3) is 6.51.